The van der Waals surface area contributed by atoms with Crippen molar-refractivity contribution in [3.05, 3.63) is 11.6 Å². The number of amides is 1. The molecule has 0 fully saturated rings. The van der Waals surface area contributed by atoms with Gasteiger partial charge in [0.2, 0.25) is 0 Å². The van der Waals surface area contributed by atoms with Gasteiger partial charge in [-0.15, -0.1) is 0 Å². The van der Waals surface area contributed by atoms with Crippen LogP contribution >= 0.6 is 0 Å². The molecule has 1 rings (SSSR count). The second-order valence-electron chi connectivity index (χ2n) is 7.08. The maximum absolute atomic E-state index is 11.8. The third-order valence-electron chi connectivity index (χ3n) is 3.76. The maximum Gasteiger partial charge on any atom is 0.408 e. The van der Waals surface area contributed by atoms with Gasteiger partial charge in [0.15, 0.2) is 0 Å². The normalized spacial score (nSPS) is 26.2. The van der Waals surface area contributed by atoms with Crippen LogP contribution in [0, 0.1) is 5.41 Å². The first-order chi connectivity index (χ1) is 9.29. The molecule has 1 aliphatic rings. The summed E-state index contributed by atoms with van der Waals surface area (Å²) in [6.45, 7) is 9.84. The van der Waals surface area contributed by atoms with Crippen LogP contribution in [0.25, 0.3) is 0 Å². The van der Waals surface area contributed by atoms with E-state index in [0.717, 1.165) is 0 Å². The second-order valence-corrected chi connectivity index (χ2v) is 7.08. The van der Waals surface area contributed by atoms with Crippen molar-refractivity contribution in [2.75, 3.05) is 0 Å². The van der Waals surface area contributed by atoms with Crippen LogP contribution in [-0.2, 0) is 9.53 Å². The maximum atomic E-state index is 11.8. The van der Waals surface area contributed by atoms with Crippen LogP contribution in [0.4, 0.5) is 4.79 Å². The van der Waals surface area contributed by atoms with E-state index < -0.39 is 34.7 Å². The minimum Gasteiger partial charge on any atom is -0.481 e. The monoisotopic (exact) mass is 299 g/mol. The molecule has 0 aliphatic heterocycles. The molecular formula is C15H25NO5. The zero-order valence-corrected chi connectivity index (χ0v) is 13.5. The van der Waals surface area contributed by atoms with E-state index in [1.807, 2.05) is 0 Å². The lowest BCUT2D eigenvalue weighted by molar-refractivity contribution is -0.160. The van der Waals surface area contributed by atoms with E-state index in [1.165, 1.54) is 13.8 Å². The lowest BCUT2D eigenvalue weighted by atomic mass is 9.69. The van der Waals surface area contributed by atoms with E-state index in [-0.39, 0.29) is 6.42 Å². The summed E-state index contributed by atoms with van der Waals surface area (Å²) in [4.78, 5) is 23.5. The van der Waals surface area contributed by atoms with Gasteiger partial charge in [0.1, 0.15) is 11.0 Å². The SMILES string of the molecule is CC1=C[C@@H](NC(=O)OC(C)(C)C)C[C@]1(C(=O)O)C(C)(C)O. The fourth-order valence-corrected chi connectivity index (χ4v) is 2.80. The molecule has 0 spiro atoms. The largest absolute Gasteiger partial charge is 0.481 e. The van der Waals surface area contributed by atoms with E-state index in [4.69, 9.17) is 4.74 Å². The minimum absolute atomic E-state index is 0.0942. The Morgan fingerprint density at radius 1 is 1.33 bits per heavy atom. The summed E-state index contributed by atoms with van der Waals surface area (Å²) in [7, 11) is 0. The van der Waals surface area contributed by atoms with Gasteiger partial charge in [-0.05, 0) is 48.0 Å². The lowest BCUT2D eigenvalue weighted by Gasteiger charge is -2.38. The fourth-order valence-electron chi connectivity index (χ4n) is 2.80. The Bertz CT molecular complexity index is 469. The van der Waals surface area contributed by atoms with Gasteiger partial charge in [-0.2, -0.15) is 0 Å². The Morgan fingerprint density at radius 2 is 1.86 bits per heavy atom. The molecule has 0 unspecified atom stereocenters. The predicted octanol–water partition coefficient (Wildman–Crippen LogP) is 2.07. The first-order valence-electron chi connectivity index (χ1n) is 6.94. The first kappa shape index (κ1) is 17.5. The first-order valence-corrected chi connectivity index (χ1v) is 6.94. The molecule has 1 amide bonds. The number of alkyl carbamates (subject to hydrolysis) is 1. The van der Waals surface area contributed by atoms with Gasteiger partial charge >= 0.3 is 12.1 Å². The van der Waals surface area contributed by atoms with Crippen molar-refractivity contribution in [3.8, 4) is 0 Å². The van der Waals surface area contributed by atoms with E-state index >= 15 is 0 Å². The third kappa shape index (κ3) is 3.56. The number of aliphatic carboxylic acids is 1. The summed E-state index contributed by atoms with van der Waals surface area (Å²) in [5.74, 6) is -1.10. The van der Waals surface area contributed by atoms with E-state index in [1.54, 1.807) is 33.8 Å². The highest BCUT2D eigenvalue weighted by Gasteiger charge is 2.56. The summed E-state index contributed by atoms with van der Waals surface area (Å²) in [6, 6.07) is -0.484. The van der Waals surface area contributed by atoms with Crippen LogP contribution in [0.1, 0.15) is 48.0 Å². The average molecular weight is 299 g/mol. The number of nitrogens with one attached hydrogen (secondary N) is 1. The van der Waals surface area contributed by atoms with Crippen molar-refractivity contribution in [1.29, 1.82) is 0 Å². The molecule has 0 bridgehead atoms. The van der Waals surface area contributed by atoms with E-state index in [0.29, 0.717) is 5.57 Å². The van der Waals surface area contributed by atoms with Crippen molar-refractivity contribution in [3.63, 3.8) is 0 Å². The van der Waals surface area contributed by atoms with Crippen molar-refractivity contribution in [2.24, 2.45) is 5.41 Å². The van der Waals surface area contributed by atoms with Crippen LogP contribution in [0.15, 0.2) is 11.6 Å². The predicted molar refractivity (Wildman–Crippen MR) is 77.9 cm³/mol. The molecular weight excluding hydrogens is 274 g/mol. The summed E-state index contributed by atoms with van der Waals surface area (Å²) in [5, 5.41) is 22.5. The molecule has 21 heavy (non-hydrogen) atoms. The standard InChI is InChI=1S/C15H25NO5/c1-9-7-10(16-12(19)21-13(2,3)4)8-15(9,11(17)18)14(5,6)20/h7,10,20H,8H2,1-6H3,(H,16,19)(H,17,18)/t10-,15+/m1/s1. The van der Waals surface area contributed by atoms with Crippen LogP contribution in [0.3, 0.4) is 0 Å². The molecule has 0 aromatic rings. The molecule has 0 aromatic carbocycles. The molecule has 6 heteroatoms. The van der Waals surface area contributed by atoms with E-state index in [9.17, 15) is 19.8 Å². The number of ether oxygens (including phenoxy) is 1. The molecule has 0 heterocycles. The summed E-state index contributed by atoms with van der Waals surface area (Å²) in [5.41, 5.74) is -2.94. The van der Waals surface area contributed by atoms with Gasteiger partial charge in [0.25, 0.3) is 0 Å². The van der Waals surface area contributed by atoms with Crippen LogP contribution in [-0.4, -0.2) is 39.5 Å². The molecule has 0 aromatic heterocycles. The summed E-state index contributed by atoms with van der Waals surface area (Å²) in [6.07, 6.45) is 1.15. The number of carbonyl (C=O) groups excluding carboxylic acids is 1. The second kappa shape index (κ2) is 5.33. The van der Waals surface area contributed by atoms with Crippen LogP contribution in [0.5, 0.6) is 0 Å². The van der Waals surface area contributed by atoms with Crippen LogP contribution < -0.4 is 5.32 Å². The van der Waals surface area contributed by atoms with E-state index in [2.05, 4.69) is 5.32 Å². The smallest absolute Gasteiger partial charge is 0.408 e. The molecule has 0 radical (unpaired) electrons. The van der Waals surface area contributed by atoms with Crippen molar-refractivity contribution in [1.82, 2.24) is 5.32 Å². The van der Waals surface area contributed by atoms with Gasteiger partial charge in [-0.3, -0.25) is 4.79 Å². The Morgan fingerprint density at radius 3 is 2.19 bits per heavy atom. The zero-order chi connectivity index (χ0) is 16.6. The van der Waals surface area contributed by atoms with Crippen molar-refractivity contribution in [2.45, 2.75) is 65.2 Å². The topological polar surface area (TPSA) is 95.9 Å². The highest BCUT2D eigenvalue weighted by atomic mass is 16.6. The molecule has 0 saturated heterocycles. The summed E-state index contributed by atoms with van der Waals surface area (Å²) >= 11 is 0. The Balaban J connectivity index is 2.90. The minimum atomic E-state index is -1.44. The molecule has 1 aliphatic carbocycles. The van der Waals surface area contributed by atoms with Crippen molar-refractivity contribution >= 4 is 12.1 Å². The van der Waals surface area contributed by atoms with Gasteiger partial charge in [0, 0.05) is 0 Å². The number of carboxylic acid groups (broad SMARTS) is 1. The number of hydrogen-bond acceptors (Lipinski definition) is 4. The van der Waals surface area contributed by atoms with Gasteiger partial charge in [-0.1, -0.05) is 11.6 Å². The van der Waals surface area contributed by atoms with Gasteiger partial charge in [-0.25, -0.2) is 4.79 Å². The molecule has 0 saturated carbocycles. The highest BCUT2D eigenvalue weighted by Crippen LogP contribution is 2.47. The zero-order valence-electron chi connectivity index (χ0n) is 13.5. The van der Waals surface area contributed by atoms with Crippen molar-refractivity contribution < 1.29 is 24.5 Å². The quantitative estimate of drug-likeness (QED) is 0.693. The lowest BCUT2D eigenvalue weighted by Crippen LogP contribution is -2.51. The Labute approximate surface area is 125 Å². The highest BCUT2D eigenvalue weighted by molar-refractivity contribution is 5.82. The third-order valence-corrected chi connectivity index (χ3v) is 3.76. The molecule has 2 atom stereocenters. The number of carboxylic acids is 1. The number of rotatable bonds is 3. The van der Waals surface area contributed by atoms with Gasteiger partial charge < -0.3 is 20.3 Å². The molecule has 3 N–H and O–H groups in total. The fraction of sp³-hybridized carbons (Fsp3) is 0.733. The van der Waals surface area contributed by atoms with Crippen LogP contribution in [0.2, 0.25) is 0 Å². The Kier molecular flexibility index (Phi) is 4.44. The average Bonchev–Trinajstić information content (AvgIpc) is 2.51. The molecule has 6 nitrogen and oxygen atoms in total. The van der Waals surface area contributed by atoms with Gasteiger partial charge in [0.05, 0.1) is 11.6 Å². The number of hydrogen-bond donors (Lipinski definition) is 3. The number of aliphatic hydroxyl groups is 1. The Hall–Kier alpha value is -1.56. The number of carbonyl (C=O) groups is 2. The summed E-state index contributed by atoms with van der Waals surface area (Å²) < 4.78 is 5.16. The molecule has 120 valence electrons.